The van der Waals surface area contributed by atoms with Gasteiger partial charge in [0.25, 0.3) is 5.91 Å². The second kappa shape index (κ2) is 7.09. The van der Waals surface area contributed by atoms with E-state index in [4.69, 9.17) is 10.3 Å². The summed E-state index contributed by atoms with van der Waals surface area (Å²) in [6, 6.07) is 0.129. The van der Waals surface area contributed by atoms with Crippen LogP contribution < -0.4 is 5.73 Å². The summed E-state index contributed by atoms with van der Waals surface area (Å²) < 4.78 is 5.21. The van der Waals surface area contributed by atoms with Crippen molar-refractivity contribution >= 4 is 18.3 Å². The third kappa shape index (κ3) is 3.33. The first-order valence-corrected chi connectivity index (χ1v) is 7.04. The van der Waals surface area contributed by atoms with Crippen LogP contribution >= 0.6 is 12.4 Å². The van der Waals surface area contributed by atoms with Gasteiger partial charge in [-0.3, -0.25) is 4.79 Å². The number of hydrogen-bond acceptors (Lipinski definition) is 4. The number of aromatic nitrogens is 1. The number of hydrogen-bond donors (Lipinski definition) is 1. The van der Waals surface area contributed by atoms with Crippen LogP contribution in [0.4, 0.5) is 0 Å². The lowest BCUT2D eigenvalue weighted by Gasteiger charge is -2.34. The first-order valence-electron chi connectivity index (χ1n) is 7.04. The first-order chi connectivity index (χ1) is 9.04. The minimum absolute atomic E-state index is 0. The molecule has 1 fully saturated rings. The predicted octanol–water partition coefficient (Wildman–Crippen LogP) is 2.17. The summed E-state index contributed by atoms with van der Waals surface area (Å²) in [5.41, 5.74) is 7.30. The maximum Gasteiger partial charge on any atom is 0.259 e. The first kappa shape index (κ1) is 17.0. The highest BCUT2D eigenvalue weighted by atomic mass is 35.5. The fourth-order valence-corrected chi connectivity index (χ4v) is 2.71. The quantitative estimate of drug-likeness (QED) is 0.928. The maximum atomic E-state index is 12.6. The second-order valence-electron chi connectivity index (χ2n) is 5.43. The fraction of sp³-hybridized carbons (Fsp3) is 0.714. The molecule has 0 bridgehead atoms. The van der Waals surface area contributed by atoms with Crippen molar-refractivity contribution in [1.82, 2.24) is 10.1 Å². The van der Waals surface area contributed by atoms with E-state index < -0.39 is 0 Å². The fourth-order valence-electron chi connectivity index (χ4n) is 2.71. The zero-order valence-corrected chi connectivity index (χ0v) is 13.2. The van der Waals surface area contributed by atoms with Gasteiger partial charge in [-0.2, -0.15) is 0 Å². The lowest BCUT2D eigenvalue weighted by Crippen LogP contribution is -2.45. The number of piperidine rings is 1. The molecule has 2 unspecified atom stereocenters. The van der Waals surface area contributed by atoms with Gasteiger partial charge in [0.05, 0.1) is 5.69 Å². The van der Waals surface area contributed by atoms with Crippen molar-refractivity contribution in [3.8, 4) is 0 Å². The molecule has 2 N–H and O–H groups in total. The number of amides is 1. The molecule has 0 aliphatic carbocycles. The Morgan fingerprint density at radius 2 is 2.30 bits per heavy atom. The molecule has 0 saturated carbocycles. The van der Waals surface area contributed by atoms with Gasteiger partial charge < -0.3 is 15.2 Å². The lowest BCUT2D eigenvalue weighted by molar-refractivity contribution is 0.0658. The van der Waals surface area contributed by atoms with Crippen molar-refractivity contribution in [1.29, 1.82) is 0 Å². The van der Waals surface area contributed by atoms with Crippen molar-refractivity contribution in [3.63, 3.8) is 0 Å². The van der Waals surface area contributed by atoms with Crippen LogP contribution in [-0.2, 0) is 6.42 Å². The van der Waals surface area contributed by atoms with Crippen molar-refractivity contribution in [2.75, 3.05) is 13.1 Å². The van der Waals surface area contributed by atoms with Crippen LogP contribution in [0, 0.1) is 12.8 Å². The second-order valence-corrected chi connectivity index (χ2v) is 5.43. The zero-order valence-electron chi connectivity index (χ0n) is 12.4. The van der Waals surface area contributed by atoms with Gasteiger partial charge in [0.2, 0.25) is 0 Å². The third-order valence-corrected chi connectivity index (χ3v) is 3.96. The monoisotopic (exact) mass is 301 g/mol. The summed E-state index contributed by atoms with van der Waals surface area (Å²) in [4.78, 5) is 14.5. The van der Waals surface area contributed by atoms with E-state index in [1.54, 1.807) is 0 Å². The Hall–Kier alpha value is -1.07. The van der Waals surface area contributed by atoms with Crippen molar-refractivity contribution in [2.45, 2.75) is 46.1 Å². The van der Waals surface area contributed by atoms with E-state index in [1.165, 1.54) is 0 Å². The Morgan fingerprint density at radius 3 is 2.90 bits per heavy atom. The summed E-state index contributed by atoms with van der Waals surface area (Å²) in [7, 11) is 0. The molecule has 6 heteroatoms. The SMILES string of the molecule is CCc1onc(C)c1C(=O)N1CCCC(C(C)N)C1.Cl. The van der Waals surface area contributed by atoms with Gasteiger partial charge in [-0.1, -0.05) is 12.1 Å². The maximum absolute atomic E-state index is 12.6. The van der Waals surface area contributed by atoms with E-state index in [1.807, 2.05) is 25.7 Å². The van der Waals surface area contributed by atoms with Crippen molar-refractivity contribution in [2.24, 2.45) is 11.7 Å². The van der Waals surface area contributed by atoms with Crippen LogP contribution in [-0.4, -0.2) is 35.1 Å². The van der Waals surface area contributed by atoms with Crippen LogP contribution in [0.25, 0.3) is 0 Å². The van der Waals surface area contributed by atoms with Gasteiger partial charge in [-0.05, 0) is 32.6 Å². The van der Waals surface area contributed by atoms with Crippen LogP contribution in [0.2, 0.25) is 0 Å². The van der Waals surface area contributed by atoms with Crippen LogP contribution in [0.3, 0.4) is 0 Å². The van der Waals surface area contributed by atoms with Crippen LogP contribution in [0.5, 0.6) is 0 Å². The number of carbonyl (C=O) groups is 1. The molecule has 5 nitrogen and oxygen atoms in total. The normalized spacial score (nSPS) is 20.4. The van der Waals surface area contributed by atoms with Crippen molar-refractivity contribution in [3.05, 3.63) is 17.0 Å². The summed E-state index contributed by atoms with van der Waals surface area (Å²) in [5.74, 6) is 1.12. The molecule has 2 atom stereocenters. The average molecular weight is 302 g/mol. The Bertz CT molecular complexity index is 459. The average Bonchev–Trinajstić information content (AvgIpc) is 2.79. The summed E-state index contributed by atoms with van der Waals surface area (Å²) in [5, 5.41) is 3.91. The van der Waals surface area contributed by atoms with E-state index in [-0.39, 0.29) is 24.4 Å². The predicted molar refractivity (Wildman–Crippen MR) is 80.1 cm³/mol. The number of rotatable bonds is 3. The van der Waals surface area contributed by atoms with Gasteiger partial charge >= 0.3 is 0 Å². The van der Waals surface area contributed by atoms with E-state index in [9.17, 15) is 4.79 Å². The minimum Gasteiger partial charge on any atom is -0.360 e. The van der Waals surface area contributed by atoms with E-state index >= 15 is 0 Å². The molecular formula is C14H24ClN3O2. The minimum atomic E-state index is 0. The van der Waals surface area contributed by atoms with Crippen molar-refractivity contribution < 1.29 is 9.32 Å². The Balaban J connectivity index is 0.00000200. The number of halogens is 1. The van der Waals surface area contributed by atoms with E-state index in [2.05, 4.69) is 5.16 Å². The van der Waals surface area contributed by atoms with Crippen LogP contribution in [0.15, 0.2) is 4.52 Å². The molecule has 2 heterocycles. The molecule has 1 aliphatic heterocycles. The molecule has 1 aliphatic rings. The Kier molecular flexibility index (Phi) is 6.02. The molecule has 1 saturated heterocycles. The number of carbonyl (C=O) groups excluding carboxylic acids is 1. The largest absolute Gasteiger partial charge is 0.360 e. The molecule has 0 spiro atoms. The summed E-state index contributed by atoms with van der Waals surface area (Å²) in [6.07, 6.45) is 2.81. The van der Waals surface area contributed by atoms with E-state index in [0.717, 1.165) is 25.9 Å². The molecule has 0 aromatic carbocycles. The molecule has 0 radical (unpaired) electrons. The number of aryl methyl sites for hydroxylation is 2. The number of nitrogens with two attached hydrogens (primary N) is 1. The summed E-state index contributed by atoms with van der Waals surface area (Å²) >= 11 is 0. The Labute approximate surface area is 126 Å². The highest BCUT2D eigenvalue weighted by Gasteiger charge is 2.29. The molecular weight excluding hydrogens is 278 g/mol. The topological polar surface area (TPSA) is 72.4 Å². The third-order valence-electron chi connectivity index (χ3n) is 3.96. The van der Waals surface area contributed by atoms with E-state index in [0.29, 0.717) is 29.4 Å². The smallest absolute Gasteiger partial charge is 0.259 e. The Morgan fingerprint density at radius 1 is 1.60 bits per heavy atom. The van der Waals surface area contributed by atoms with Gasteiger partial charge in [-0.15, -0.1) is 12.4 Å². The molecule has 1 amide bonds. The van der Waals surface area contributed by atoms with Gasteiger partial charge in [0, 0.05) is 25.6 Å². The number of likely N-dealkylation sites (tertiary alicyclic amines) is 1. The molecule has 1 aromatic rings. The van der Waals surface area contributed by atoms with Crippen LogP contribution in [0.1, 0.15) is 48.5 Å². The highest BCUT2D eigenvalue weighted by Crippen LogP contribution is 2.23. The zero-order chi connectivity index (χ0) is 14.0. The molecule has 114 valence electrons. The summed E-state index contributed by atoms with van der Waals surface area (Å²) in [6.45, 7) is 7.35. The van der Waals surface area contributed by atoms with Gasteiger partial charge in [0.1, 0.15) is 11.3 Å². The molecule has 1 aromatic heterocycles. The highest BCUT2D eigenvalue weighted by molar-refractivity contribution is 5.96. The lowest BCUT2D eigenvalue weighted by atomic mass is 9.91. The number of nitrogens with zero attached hydrogens (tertiary/aromatic N) is 2. The standard InChI is InChI=1S/C14H23N3O2.ClH/c1-4-12-13(10(3)16-19-12)14(18)17-7-5-6-11(8-17)9(2)15;/h9,11H,4-8,15H2,1-3H3;1H. The van der Waals surface area contributed by atoms with Gasteiger partial charge in [0.15, 0.2) is 0 Å². The van der Waals surface area contributed by atoms with Gasteiger partial charge in [-0.25, -0.2) is 0 Å². The molecule has 2 rings (SSSR count). The molecule has 20 heavy (non-hydrogen) atoms.